The zero-order chi connectivity index (χ0) is 23.5. The monoisotopic (exact) mass is 475 g/mol. The second kappa shape index (κ2) is 9.72. The largest absolute Gasteiger partial charge is 0.489 e. The van der Waals surface area contributed by atoms with Gasteiger partial charge in [-0.3, -0.25) is 0 Å². The highest BCUT2D eigenvalue weighted by Gasteiger charge is 2.34. The van der Waals surface area contributed by atoms with Crippen LogP contribution in [-0.4, -0.2) is 10.7 Å². The third-order valence-corrected chi connectivity index (χ3v) is 7.16. The van der Waals surface area contributed by atoms with Gasteiger partial charge in [0.25, 0.3) is 0 Å². The Morgan fingerprint density at radius 2 is 1.69 bits per heavy atom. The van der Waals surface area contributed by atoms with Crippen LogP contribution in [0.4, 0.5) is 5.13 Å². The van der Waals surface area contributed by atoms with Crippen LogP contribution in [0.1, 0.15) is 30.0 Å². The number of aromatic nitrogens is 1. The minimum absolute atomic E-state index is 0.0215. The average Bonchev–Trinajstić information content (AvgIpc) is 3.69. The number of para-hydroxylation sites is 1. The van der Waals surface area contributed by atoms with E-state index in [-0.39, 0.29) is 6.04 Å². The van der Waals surface area contributed by atoms with Gasteiger partial charge in [-0.05, 0) is 23.6 Å². The maximum atomic E-state index is 6.33. The van der Waals surface area contributed by atoms with Crippen LogP contribution in [0.25, 0.3) is 11.3 Å². The molecule has 1 aliphatic heterocycles. The molecule has 0 amide bonds. The maximum Gasteiger partial charge on any atom is 0.207 e. The number of hydrogen-bond acceptors (Lipinski definition) is 5. The molecule has 1 aromatic heterocycles. The number of thiazole rings is 1. The van der Waals surface area contributed by atoms with Crippen LogP contribution in [-0.2, 0) is 6.61 Å². The molecule has 35 heavy (non-hydrogen) atoms. The van der Waals surface area contributed by atoms with Gasteiger partial charge in [0.05, 0.1) is 17.4 Å². The van der Waals surface area contributed by atoms with Crippen molar-refractivity contribution in [2.45, 2.75) is 25.5 Å². The first-order chi connectivity index (χ1) is 17.3. The smallest absolute Gasteiger partial charge is 0.207 e. The molecular formula is C30H25N3OS. The fourth-order valence-corrected chi connectivity index (χ4v) is 5.35. The van der Waals surface area contributed by atoms with Gasteiger partial charge in [0, 0.05) is 22.9 Å². The Hall–Kier alpha value is -3.96. The van der Waals surface area contributed by atoms with Crippen LogP contribution in [0, 0.1) is 0 Å². The molecule has 6 rings (SSSR count). The third-order valence-electron chi connectivity index (χ3n) is 6.33. The van der Waals surface area contributed by atoms with E-state index in [9.17, 15) is 0 Å². The highest BCUT2D eigenvalue weighted by molar-refractivity contribution is 7.14. The van der Waals surface area contributed by atoms with Crippen molar-refractivity contribution >= 4 is 22.2 Å². The molecule has 2 heterocycles. The fourth-order valence-electron chi connectivity index (χ4n) is 4.52. The highest BCUT2D eigenvalue weighted by Crippen LogP contribution is 2.42. The molecule has 0 spiro atoms. The molecule has 2 aliphatic rings. The zero-order valence-electron chi connectivity index (χ0n) is 19.2. The Morgan fingerprint density at radius 1 is 0.914 bits per heavy atom. The lowest BCUT2D eigenvalue weighted by molar-refractivity contribution is 0.301. The lowest BCUT2D eigenvalue weighted by Crippen LogP contribution is -2.19. The molecule has 1 aliphatic carbocycles. The van der Waals surface area contributed by atoms with Gasteiger partial charge >= 0.3 is 0 Å². The second-order valence-corrected chi connectivity index (χ2v) is 9.47. The third kappa shape index (κ3) is 4.55. The lowest BCUT2D eigenvalue weighted by atomic mass is 9.97. The Morgan fingerprint density at radius 3 is 2.49 bits per heavy atom. The predicted molar refractivity (Wildman–Crippen MR) is 144 cm³/mol. The molecule has 0 fully saturated rings. The first kappa shape index (κ1) is 21.6. The first-order valence-corrected chi connectivity index (χ1v) is 12.7. The molecule has 0 saturated heterocycles. The summed E-state index contributed by atoms with van der Waals surface area (Å²) in [6, 6.07) is 28.9. The van der Waals surface area contributed by atoms with Gasteiger partial charge in [0.1, 0.15) is 12.4 Å². The highest BCUT2D eigenvalue weighted by atomic mass is 32.1. The van der Waals surface area contributed by atoms with Crippen molar-refractivity contribution in [3.05, 3.63) is 125 Å². The van der Waals surface area contributed by atoms with Gasteiger partial charge in [0.2, 0.25) is 5.13 Å². The average molecular weight is 476 g/mol. The Bertz CT molecular complexity index is 1410. The van der Waals surface area contributed by atoms with Crippen LogP contribution in [0.15, 0.2) is 119 Å². The van der Waals surface area contributed by atoms with Gasteiger partial charge < -0.3 is 4.74 Å². The van der Waals surface area contributed by atoms with Crippen LogP contribution < -0.4 is 9.75 Å². The van der Waals surface area contributed by atoms with E-state index in [0.29, 0.717) is 6.61 Å². The quantitative estimate of drug-likeness (QED) is 0.276. The summed E-state index contributed by atoms with van der Waals surface area (Å²) in [5, 5.41) is 10.2. The molecule has 4 nitrogen and oxygen atoms in total. The fraction of sp³-hybridized carbons (Fsp3) is 0.133. The van der Waals surface area contributed by atoms with Crippen molar-refractivity contribution in [1.82, 2.24) is 4.98 Å². The van der Waals surface area contributed by atoms with Crippen molar-refractivity contribution < 1.29 is 4.74 Å². The normalized spacial score (nSPS) is 16.9. The number of ether oxygens (including phenoxy) is 1. The second-order valence-electron chi connectivity index (χ2n) is 8.63. The van der Waals surface area contributed by atoms with Gasteiger partial charge in [-0.1, -0.05) is 97.1 Å². The van der Waals surface area contributed by atoms with Crippen LogP contribution in [0.2, 0.25) is 0 Å². The van der Waals surface area contributed by atoms with Gasteiger partial charge in [-0.2, -0.15) is 5.10 Å². The number of hydrazone groups is 1. The van der Waals surface area contributed by atoms with Crippen LogP contribution in [0.3, 0.4) is 0 Å². The minimum Gasteiger partial charge on any atom is -0.489 e. The summed E-state index contributed by atoms with van der Waals surface area (Å²) in [5.41, 5.74) is 6.77. The molecule has 172 valence electrons. The topological polar surface area (TPSA) is 37.7 Å². The van der Waals surface area contributed by atoms with Gasteiger partial charge in [-0.25, -0.2) is 9.99 Å². The summed E-state index contributed by atoms with van der Waals surface area (Å²) in [7, 11) is 0. The molecular weight excluding hydrogens is 450 g/mol. The van der Waals surface area contributed by atoms with Crippen molar-refractivity contribution in [2.24, 2.45) is 5.10 Å². The summed E-state index contributed by atoms with van der Waals surface area (Å²) in [6.45, 7) is 0.531. The van der Waals surface area contributed by atoms with E-state index in [1.165, 1.54) is 5.57 Å². The summed E-state index contributed by atoms with van der Waals surface area (Å²) in [5.74, 6) is 0.890. The van der Waals surface area contributed by atoms with Crippen LogP contribution >= 0.6 is 11.3 Å². The van der Waals surface area contributed by atoms with Gasteiger partial charge in [0.15, 0.2) is 0 Å². The molecule has 3 aromatic carbocycles. The number of anilines is 1. The predicted octanol–water partition coefficient (Wildman–Crippen LogP) is 7.58. The summed E-state index contributed by atoms with van der Waals surface area (Å²) in [4.78, 5) is 4.98. The lowest BCUT2D eigenvalue weighted by Gasteiger charge is -2.23. The molecule has 0 bridgehead atoms. The van der Waals surface area contributed by atoms with Gasteiger partial charge in [-0.15, -0.1) is 11.3 Å². The number of benzene rings is 3. The molecule has 5 heteroatoms. The minimum atomic E-state index is 0.0215. The van der Waals surface area contributed by atoms with E-state index in [1.807, 2.05) is 42.5 Å². The summed E-state index contributed by atoms with van der Waals surface area (Å²) in [6.07, 6.45) is 8.22. The molecule has 0 N–H and O–H groups in total. The van der Waals surface area contributed by atoms with E-state index in [4.69, 9.17) is 14.8 Å². The zero-order valence-corrected chi connectivity index (χ0v) is 20.1. The van der Waals surface area contributed by atoms with Crippen molar-refractivity contribution in [3.63, 3.8) is 0 Å². The molecule has 1 unspecified atom stereocenters. The Kier molecular flexibility index (Phi) is 5.99. The van der Waals surface area contributed by atoms with E-state index < -0.39 is 0 Å². The molecule has 4 aromatic rings. The molecule has 1 atom stereocenters. The van der Waals surface area contributed by atoms with E-state index in [2.05, 4.69) is 71.1 Å². The SMILES string of the molecule is C1=CCC(C2=NN(c3nc(-c4ccccc4)cs3)C(c3ccccc3OCc3ccccc3)C2)=C1. The Labute approximate surface area is 209 Å². The van der Waals surface area contributed by atoms with Crippen molar-refractivity contribution in [3.8, 4) is 17.0 Å². The number of rotatable bonds is 7. The Balaban J connectivity index is 1.33. The molecule has 0 saturated carbocycles. The van der Waals surface area contributed by atoms with E-state index in [0.717, 1.165) is 51.8 Å². The van der Waals surface area contributed by atoms with Crippen LogP contribution in [0.5, 0.6) is 5.75 Å². The maximum absolute atomic E-state index is 6.33. The molecule has 0 radical (unpaired) electrons. The number of allylic oxidation sites excluding steroid dienone is 4. The standard InChI is InChI=1S/C30H25N3OS/c1-3-11-22(12-4-1)20-34-29-18-10-9-17-25(29)28-19-26(23-15-7-8-16-23)32-33(28)30-31-27(21-35-30)24-13-5-2-6-14-24/h1-15,17-18,21,28H,16,19-20H2. The number of nitrogens with zero attached hydrogens (tertiary/aromatic N) is 3. The van der Waals surface area contributed by atoms with Crippen molar-refractivity contribution in [2.75, 3.05) is 5.01 Å². The van der Waals surface area contributed by atoms with E-state index >= 15 is 0 Å². The summed E-state index contributed by atoms with van der Waals surface area (Å²) >= 11 is 1.63. The summed E-state index contributed by atoms with van der Waals surface area (Å²) < 4.78 is 6.33. The number of hydrogen-bond donors (Lipinski definition) is 0. The van der Waals surface area contributed by atoms with E-state index in [1.54, 1.807) is 11.3 Å². The first-order valence-electron chi connectivity index (χ1n) is 11.8. The van der Waals surface area contributed by atoms with Crippen molar-refractivity contribution in [1.29, 1.82) is 0 Å².